The number of hydrogen-bond acceptors (Lipinski definition) is 3. The van der Waals surface area contributed by atoms with Crippen LogP contribution in [0.4, 0.5) is 0 Å². The number of rotatable bonds is 1. The van der Waals surface area contributed by atoms with Crippen molar-refractivity contribution in [1.82, 2.24) is 18.3 Å². The Morgan fingerprint density at radius 3 is 2.00 bits per heavy atom. The van der Waals surface area contributed by atoms with E-state index in [0.717, 1.165) is 8.37 Å². The van der Waals surface area contributed by atoms with Crippen LogP contribution in [0.3, 0.4) is 0 Å². The van der Waals surface area contributed by atoms with Crippen molar-refractivity contribution in [3.63, 3.8) is 0 Å². The third kappa shape index (κ3) is 3.53. The molecular weight excluding hydrogens is 501 g/mol. The number of nitrogens with zero attached hydrogens (tertiary/aromatic N) is 4. The van der Waals surface area contributed by atoms with Crippen LogP contribution in [0.15, 0.2) is 33.9 Å². The Balaban J connectivity index is 0.000000212. The number of fused-ring (bicyclic) bond motifs is 1. The van der Waals surface area contributed by atoms with E-state index in [4.69, 9.17) is 5.73 Å². The van der Waals surface area contributed by atoms with Gasteiger partial charge < -0.3 is 5.73 Å². The number of benzene rings is 1. The molecule has 3 rings (SSSR count). The first-order chi connectivity index (χ1) is 11.7. The van der Waals surface area contributed by atoms with Crippen molar-refractivity contribution in [2.75, 3.05) is 0 Å². The second-order valence-corrected chi connectivity index (χ2v) is 6.94. The summed E-state index contributed by atoms with van der Waals surface area (Å²) in [6.45, 7) is 2.71. The predicted octanol–water partition coefficient (Wildman–Crippen LogP) is 0.447. The standard InChI is InChI=1S/C9H12N4O2.C8H11N.Pt/c1-10-5-11(2)7-6(10)8(14)13(4)9(15)12(7)3;1-7-2-4-8(6-9)5-3-7;/h1-4H3;2-5H,6,9H2,1H3;. The molecular formula is C17H23N5O2Pt. The van der Waals surface area contributed by atoms with E-state index in [1.54, 1.807) is 11.6 Å². The normalized spacial score (nSPS) is 10.7. The maximum absolute atomic E-state index is 12.0. The summed E-state index contributed by atoms with van der Waals surface area (Å²) in [5.41, 5.74) is 8.48. The van der Waals surface area contributed by atoms with E-state index in [0.29, 0.717) is 17.7 Å². The number of aromatic nitrogens is 4. The average molecular weight is 524 g/mol. The van der Waals surface area contributed by atoms with Crippen LogP contribution in [0.1, 0.15) is 11.1 Å². The van der Waals surface area contributed by atoms with Crippen molar-refractivity contribution in [2.45, 2.75) is 13.5 Å². The van der Waals surface area contributed by atoms with Gasteiger partial charge in [0.25, 0.3) is 0 Å². The van der Waals surface area contributed by atoms with Gasteiger partial charge in [0, 0.05) is 6.54 Å². The molecule has 0 amide bonds. The summed E-state index contributed by atoms with van der Waals surface area (Å²) in [4.78, 5) is 23.8. The van der Waals surface area contributed by atoms with Crippen LogP contribution in [-0.4, -0.2) is 18.3 Å². The summed E-state index contributed by atoms with van der Waals surface area (Å²) < 4.78 is 7.13. The molecule has 2 heterocycles. The molecule has 8 heteroatoms. The van der Waals surface area contributed by atoms with Gasteiger partial charge in [0.1, 0.15) is 0 Å². The minimum absolute atomic E-state index is 0.264. The molecule has 0 fully saturated rings. The van der Waals surface area contributed by atoms with Gasteiger partial charge in [-0.1, -0.05) is 29.8 Å². The molecule has 0 radical (unpaired) electrons. The summed E-state index contributed by atoms with van der Waals surface area (Å²) in [7, 11) is 6.81. The molecule has 0 aliphatic heterocycles. The first-order valence-corrected chi connectivity index (χ1v) is 8.86. The number of nitrogens with two attached hydrogens (primary N) is 1. The third-order valence-corrected chi connectivity index (χ3v) is 5.66. The van der Waals surface area contributed by atoms with Crippen molar-refractivity contribution < 1.29 is 19.4 Å². The maximum atomic E-state index is 12.0. The zero-order valence-electron chi connectivity index (χ0n) is 15.0. The summed E-state index contributed by atoms with van der Waals surface area (Å²) in [6, 6.07) is 8.25. The molecule has 0 bridgehead atoms. The minimum atomic E-state index is -0.310. The van der Waals surface area contributed by atoms with Gasteiger partial charge in [-0.15, -0.1) is 0 Å². The quantitative estimate of drug-likeness (QED) is 0.502. The van der Waals surface area contributed by atoms with Crippen LogP contribution in [-0.2, 0) is 54.1 Å². The Morgan fingerprint density at radius 2 is 1.48 bits per heavy atom. The molecule has 1 aromatic carbocycles. The Hall–Kier alpha value is -1.98. The predicted molar refractivity (Wildman–Crippen MR) is 94.7 cm³/mol. The molecule has 25 heavy (non-hydrogen) atoms. The molecule has 7 nitrogen and oxygen atoms in total. The van der Waals surface area contributed by atoms with E-state index in [1.807, 2.05) is 18.7 Å². The molecule has 138 valence electrons. The SMILES string of the molecule is Cc1ccc(CN)cc1.Cn1c(=O)c2c(n(C)c1=O)n(C)[c](=[Pt])n2C. The van der Waals surface area contributed by atoms with Crippen molar-refractivity contribution in [3.05, 3.63) is 60.0 Å². The van der Waals surface area contributed by atoms with Crippen LogP contribution < -0.4 is 17.0 Å². The monoisotopic (exact) mass is 524 g/mol. The fraction of sp³-hybridized carbons (Fsp3) is 0.353. The van der Waals surface area contributed by atoms with Crippen molar-refractivity contribution in [1.29, 1.82) is 0 Å². The van der Waals surface area contributed by atoms with Crippen LogP contribution in [0.5, 0.6) is 0 Å². The summed E-state index contributed by atoms with van der Waals surface area (Å²) in [5.74, 6) is 0. The molecule has 0 aliphatic rings. The Kier molecular flexibility index (Phi) is 5.80. The first kappa shape index (κ1) is 19.3. The van der Waals surface area contributed by atoms with Gasteiger partial charge in [0.15, 0.2) is 0 Å². The van der Waals surface area contributed by atoms with Gasteiger partial charge >= 0.3 is 102 Å². The van der Waals surface area contributed by atoms with Gasteiger partial charge in [-0.25, -0.2) is 0 Å². The zero-order valence-corrected chi connectivity index (χ0v) is 17.3. The second-order valence-electron chi connectivity index (χ2n) is 5.93. The number of imidazole rings is 1. The fourth-order valence-corrected chi connectivity index (χ4v) is 3.10. The number of aryl methyl sites for hydroxylation is 4. The van der Waals surface area contributed by atoms with E-state index >= 15 is 0 Å². The van der Waals surface area contributed by atoms with Gasteiger partial charge in [-0.05, 0) is 12.5 Å². The zero-order chi connectivity index (χ0) is 18.9. The van der Waals surface area contributed by atoms with Gasteiger partial charge in [-0.2, -0.15) is 0 Å². The van der Waals surface area contributed by atoms with Gasteiger partial charge in [-0.3, -0.25) is 0 Å². The van der Waals surface area contributed by atoms with Crippen molar-refractivity contribution >= 4 is 11.2 Å². The molecule has 0 aliphatic carbocycles. The average Bonchev–Trinajstić information content (AvgIpc) is 2.83. The van der Waals surface area contributed by atoms with E-state index in [2.05, 4.69) is 50.5 Å². The Morgan fingerprint density at radius 1 is 0.920 bits per heavy atom. The van der Waals surface area contributed by atoms with Crippen LogP contribution in [0.25, 0.3) is 11.2 Å². The third-order valence-electron chi connectivity index (χ3n) is 4.13. The topological polar surface area (TPSA) is 79.9 Å². The first-order valence-electron chi connectivity index (χ1n) is 7.73. The molecule has 0 spiro atoms. The fourth-order valence-electron chi connectivity index (χ4n) is 2.61. The molecule has 0 saturated heterocycles. The van der Waals surface area contributed by atoms with Crippen molar-refractivity contribution in [3.8, 4) is 0 Å². The molecule has 0 unspecified atom stereocenters. The molecule has 2 aromatic heterocycles. The van der Waals surface area contributed by atoms with E-state index < -0.39 is 0 Å². The molecule has 0 atom stereocenters. The van der Waals surface area contributed by atoms with Crippen LogP contribution >= 0.6 is 0 Å². The summed E-state index contributed by atoms with van der Waals surface area (Å²) in [6.07, 6.45) is 0. The van der Waals surface area contributed by atoms with Crippen molar-refractivity contribution in [2.24, 2.45) is 33.9 Å². The molecule has 3 aromatic rings. The van der Waals surface area contributed by atoms with Crippen LogP contribution in [0, 0.1) is 10.7 Å². The van der Waals surface area contributed by atoms with E-state index in [9.17, 15) is 9.59 Å². The molecule has 2 N–H and O–H groups in total. The van der Waals surface area contributed by atoms with Gasteiger partial charge in [0.05, 0.1) is 0 Å². The molecule has 0 saturated carbocycles. The Bertz CT molecular complexity index is 1080. The summed E-state index contributed by atoms with van der Waals surface area (Å²) in [5, 5.41) is 0. The number of hydrogen-bond donors (Lipinski definition) is 1. The second kappa shape index (κ2) is 7.50. The Labute approximate surface area is 156 Å². The summed E-state index contributed by atoms with van der Waals surface area (Å²) >= 11 is 2.12. The van der Waals surface area contributed by atoms with E-state index in [-0.39, 0.29) is 11.2 Å². The van der Waals surface area contributed by atoms with Crippen LogP contribution in [0.2, 0.25) is 0 Å². The van der Waals surface area contributed by atoms with Gasteiger partial charge in [0.2, 0.25) is 0 Å². The van der Waals surface area contributed by atoms with E-state index in [1.165, 1.54) is 22.7 Å².